The SMILES string of the molecule is CCOc1cc(CNCCCOc2ccccn2)c(Br)cc1OCC(=O)NC(C)(C)C. The Bertz CT molecular complexity index is 826. The molecule has 0 aliphatic carbocycles. The van der Waals surface area contributed by atoms with Gasteiger partial charge in [-0.3, -0.25) is 4.79 Å². The Morgan fingerprint density at radius 1 is 1.13 bits per heavy atom. The molecule has 170 valence electrons. The molecule has 1 amide bonds. The van der Waals surface area contributed by atoms with Crippen molar-refractivity contribution in [2.24, 2.45) is 0 Å². The van der Waals surface area contributed by atoms with E-state index in [9.17, 15) is 4.79 Å². The largest absolute Gasteiger partial charge is 0.490 e. The minimum Gasteiger partial charge on any atom is -0.490 e. The highest BCUT2D eigenvalue weighted by Crippen LogP contribution is 2.34. The molecule has 0 fully saturated rings. The summed E-state index contributed by atoms with van der Waals surface area (Å²) in [7, 11) is 0. The molecular formula is C23H32BrN3O4. The van der Waals surface area contributed by atoms with Crippen molar-refractivity contribution in [1.29, 1.82) is 0 Å². The van der Waals surface area contributed by atoms with Crippen molar-refractivity contribution in [1.82, 2.24) is 15.6 Å². The Hall–Kier alpha value is -2.32. The monoisotopic (exact) mass is 493 g/mol. The van der Waals surface area contributed by atoms with Crippen molar-refractivity contribution in [2.75, 3.05) is 26.4 Å². The van der Waals surface area contributed by atoms with E-state index in [1.165, 1.54) is 0 Å². The number of carbonyl (C=O) groups is 1. The molecule has 0 unspecified atom stereocenters. The molecule has 7 nitrogen and oxygen atoms in total. The number of aromatic nitrogens is 1. The zero-order valence-electron chi connectivity index (χ0n) is 18.7. The Kier molecular flexibility index (Phi) is 10.1. The number of halogens is 1. The van der Waals surface area contributed by atoms with Gasteiger partial charge in [-0.2, -0.15) is 0 Å². The molecule has 1 aromatic carbocycles. The quantitative estimate of drug-likeness (QED) is 0.433. The molecule has 2 N–H and O–H groups in total. The van der Waals surface area contributed by atoms with Crippen molar-refractivity contribution in [3.63, 3.8) is 0 Å². The Balaban J connectivity index is 1.85. The summed E-state index contributed by atoms with van der Waals surface area (Å²) in [6, 6.07) is 9.38. The lowest BCUT2D eigenvalue weighted by molar-refractivity contribution is -0.124. The number of nitrogens with one attached hydrogen (secondary N) is 2. The maximum atomic E-state index is 12.1. The Labute approximate surface area is 193 Å². The number of hydrogen-bond donors (Lipinski definition) is 2. The number of carbonyl (C=O) groups excluding carboxylic acids is 1. The summed E-state index contributed by atoms with van der Waals surface area (Å²) in [5.74, 6) is 1.61. The van der Waals surface area contributed by atoms with Crippen LogP contribution in [0.4, 0.5) is 0 Å². The lowest BCUT2D eigenvalue weighted by Gasteiger charge is -2.21. The molecule has 2 rings (SSSR count). The van der Waals surface area contributed by atoms with E-state index in [0.717, 1.165) is 23.0 Å². The number of hydrogen-bond acceptors (Lipinski definition) is 6. The van der Waals surface area contributed by atoms with Crippen LogP contribution in [-0.2, 0) is 11.3 Å². The first-order valence-electron chi connectivity index (χ1n) is 10.4. The molecule has 0 saturated carbocycles. The zero-order chi connectivity index (χ0) is 22.7. The number of nitrogens with zero attached hydrogens (tertiary/aromatic N) is 1. The van der Waals surface area contributed by atoms with Gasteiger partial charge in [-0.05, 0) is 64.4 Å². The molecule has 1 heterocycles. The number of ether oxygens (including phenoxy) is 3. The van der Waals surface area contributed by atoms with Crippen LogP contribution in [-0.4, -0.2) is 42.8 Å². The highest BCUT2D eigenvalue weighted by atomic mass is 79.9. The average Bonchev–Trinajstić information content (AvgIpc) is 2.71. The lowest BCUT2D eigenvalue weighted by Crippen LogP contribution is -2.43. The van der Waals surface area contributed by atoms with Crippen LogP contribution < -0.4 is 24.8 Å². The van der Waals surface area contributed by atoms with Crippen LogP contribution in [0.15, 0.2) is 41.0 Å². The van der Waals surface area contributed by atoms with Crippen LogP contribution in [0.2, 0.25) is 0 Å². The maximum Gasteiger partial charge on any atom is 0.258 e. The van der Waals surface area contributed by atoms with E-state index in [1.54, 1.807) is 6.20 Å². The first-order valence-corrected chi connectivity index (χ1v) is 11.2. The highest BCUT2D eigenvalue weighted by Gasteiger charge is 2.16. The van der Waals surface area contributed by atoms with Crippen LogP contribution in [0.3, 0.4) is 0 Å². The molecule has 0 saturated heterocycles. The van der Waals surface area contributed by atoms with E-state index in [2.05, 4.69) is 31.5 Å². The highest BCUT2D eigenvalue weighted by molar-refractivity contribution is 9.10. The second-order valence-electron chi connectivity index (χ2n) is 7.96. The van der Waals surface area contributed by atoms with Crippen molar-refractivity contribution in [3.05, 3.63) is 46.6 Å². The van der Waals surface area contributed by atoms with Crippen molar-refractivity contribution >= 4 is 21.8 Å². The third kappa shape index (κ3) is 9.57. The molecular weight excluding hydrogens is 462 g/mol. The van der Waals surface area contributed by atoms with Crippen LogP contribution in [0.5, 0.6) is 17.4 Å². The van der Waals surface area contributed by atoms with Gasteiger partial charge in [-0.1, -0.05) is 22.0 Å². The summed E-state index contributed by atoms with van der Waals surface area (Å²) in [5, 5.41) is 6.28. The van der Waals surface area contributed by atoms with Gasteiger partial charge in [0.2, 0.25) is 5.88 Å². The molecule has 0 radical (unpaired) electrons. The van der Waals surface area contributed by atoms with Gasteiger partial charge in [0, 0.05) is 28.8 Å². The first kappa shape index (κ1) is 24.9. The smallest absolute Gasteiger partial charge is 0.258 e. The first-order chi connectivity index (χ1) is 14.8. The van der Waals surface area contributed by atoms with Crippen LogP contribution in [0, 0.1) is 0 Å². The van der Waals surface area contributed by atoms with Gasteiger partial charge in [0.05, 0.1) is 13.2 Å². The van der Waals surface area contributed by atoms with Crippen molar-refractivity contribution in [3.8, 4) is 17.4 Å². The standard InChI is InChI=1S/C23H32BrN3O4/c1-5-29-19-13-17(15-25-10-8-12-30-22-9-6-7-11-26-22)18(24)14-20(19)31-16-21(28)27-23(2,3)4/h6-7,9,11,13-14,25H,5,8,10,12,15-16H2,1-4H3,(H,27,28). The molecule has 0 aliphatic heterocycles. The topological polar surface area (TPSA) is 81.7 Å². The van der Waals surface area contributed by atoms with Crippen molar-refractivity contribution < 1.29 is 19.0 Å². The number of rotatable bonds is 12. The predicted octanol–water partition coefficient (Wildman–Crippen LogP) is 4.10. The van der Waals surface area contributed by atoms with E-state index < -0.39 is 0 Å². The van der Waals surface area contributed by atoms with Gasteiger partial charge < -0.3 is 24.8 Å². The Morgan fingerprint density at radius 3 is 2.58 bits per heavy atom. The molecule has 2 aromatic rings. The third-order valence-corrected chi connectivity index (χ3v) is 4.73. The van der Waals surface area contributed by atoms with Gasteiger partial charge in [-0.15, -0.1) is 0 Å². The summed E-state index contributed by atoms with van der Waals surface area (Å²) in [4.78, 5) is 16.2. The zero-order valence-corrected chi connectivity index (χ0v) is 20.3. The van der Waals surface area contributed by atoms with Gasteiger partial charge in [0.25, 0.3) is 5.91 Å². The van der Waals surface area contributed by atoms with E-state index in [1.807, 2.05) is 58.0 Å². The maximum absolute atomic E-state index is 12.1. The van der Waals surface area contributed by atoms with Gasteiger partial charge in [0.15, 0.2) is 18.1 Å². The van der Waals surface area contributed by atoms with Crippen LogP contribution in [0.25, 0.3) is 0 Å². The normalized spacial score (nSPS) is 11.1. The summed E-state index contributed by atoms with van der Waals surface area (Å²) >= 11 is 3.59. The molecule has 0 spiro atoms. The van der Waals surface area contributed by atoms with Gasteiger partial charge in [-0.25, -0.2) is 4.98 Å². The second-order valence-corrected chi connectivity index (χ2v) is 8.81. The van der Waals surface area contributed by atoms with Crippen LogP contribution in [0.1, 0.15) is 39.7 Å². The van der Waals surface area contributed by atoms with E-state index >= 15 is 0 Å². The average molecular weight is 494 g/mol. The number of amides is 1. The van der Waals surface area contributed by atoms with E-state index in [-0.39, 0.29) is 18.1 Å². The predicted molar refractivity (Wildman–Crippen MR) is 125 cm³/mol. The second kappa shape index (κ2) is 12.5. The molecule has 8 heteroatoms. The summed E-state index contributed by atoms with van der Waals surface area (Å²) < 4.78 is 17.9. The minimum atomic E-state index is -0.304. The molecule has 31 heavy (non-hydrogen) atoms. The van der Waals surface area contributed by atoms with Gasteiger partial charge >= 0.3 is 0 Å². The molecule has 0 bridgehead atoms. The summed E-state index contributed by atoms with van der Waals surface area (Å²) in [6.45, 7) is 10.2. The van der Waals surface area contributed by atoms with Crippen molar-refractivity contribution in [2.45, 2.75) is 46.2 Å². The Morgan fingerprint density at radius 2 is 1.90 bits per heavy atom. The molecule has 0 atom stereocenters. The fraction of sp³-hybridized carbons (Fsp3) is 0.478. The molecule has 0 aliphatic rings. The summed E-state index contributed by atoms with van der Waals surface area (Å²) in [6.07, 6.45) is 2.57. The minimum absolute atomic E-state index is 0.0718. The van der Waals surface area contributed by atoms with Gasteiger partial charge in [0.1, 0.15) is 0 Å². The van der Waals surface area contributed by atoms with Crippen LogP contribution >= 0.6 is 15.9 Å². The van der Waals surface area contributed by atoms with E-state index in [4.69, 9.17) is 14.2 Å². The third-order valence-electron chi connectivity index (χ3n) is 3.99. The lowest BCUT2D eigenvalue weighted by atomic mass is 10.1. The number of benzene rings is 1. The summed E-state index contributed by atoms with van der Waals surface area (Å²) in [5.41, 5.74) is 0.739. The fourth-order valence-electron chi connectivity index (χ4n) is 2.72. The van der Waals surface area contributed by atoms with E-state index in [0.29, 0.717) is 37.1 Å². The molecule has 1 aromatic heterocycles. The fourth-order valence-corrected chi connectivity index (χ4v) is 3.18. The number of pyridine rings is 1.